The Kier molecular flexibility index (Phi) is 3.58. The van der Waals surface area contributed by atoms with Crippen LogP contribution in [0.5, 0.6) is 0 Å². The number of hydrogen-bond acceptors (Lipinski definition) is 5. The average molecular weight is 269 g/mol. The number of aromatic nitrogens is 3. The molecule has 1 aromatic rings. The zero-order valence-corrected chi connectivity index (χ0v) is 10.9. The maximum absolute atomic E-state index is 12.4. The van der Waals surface area contributed by atoms with Gasteiger partial charge in [0.25, 0.3) is 0 Å². The second kappa shape index (κ2) is 4.99. The summed E-state index contributed by atoms with van der Waals surface area (Å²) in [6.07, 6.45) is 2.35. The molecule has 0 bridgehead atoms. The number of amides is 1. The smallest absolute Gasteiger partial charge is 0.239 e. The van der Waals surface area contributed by atoms with Gasteiger partial charge in [-0.05, 0) is 12.8 Å². The van der Waals surface area contributed by atoms with Crippen molar-refractivity contribution in [3.63, 3.8) is 0 Å². The van der Waals surface area contributed by atoms with E-state index in [1.807, 2.05) is 0 Å². The number of thiocarbonyl (C=S) groups is 1. The highest BCUT2D eigenvalue weighted by Crippen LogP contribution is 2.32. The average Bonchev–Trinajstić information content (AvgIpc) is 2.75. The van der Waals surface area contributed by atoms with Gasteiger partial charge in [0, 0.05) is 20.3 Å². The van der Waals surface area contributed by atoms with Gasteiger partial charge in [0.15, 0.2) is 0 Å². The fourth-order valence-electron chi connectivity index (χ4n) is 1.94. The van der Waals surface area contributed by atoms with Crippen molar-refractivity contribution >= 4 is 29.1 Å². The number of carbonyl (C=O) groups excluding carboxylic acids is 1. The van der Waals surface area contributed by atoms with Gasteiger partial charge in [-0.3, -0.25) is 10.1 Å². The van der Waals surface area contributed by atoms with Crippen LogP contribution in [0.2, 0.25) is 0 Å². The second-order valence-corrected chi connectivity index (χ2v) is 4.66. The maximum atomic E-state index is 12.4. The lowest BCUT2D eigenvalue weighted by Crippen LogP contribution is -2.49. The van der Waals surface area contributed by atoms with E-state index >= 15 is 0 Å². The van der Waals surface area contributed by atoms with Crippen molar-refractivity contribution in [3.05, 3.63) is 6.33 Å². The van der Waals surface area contributed by atoms with Crippen molar-refractivity contribution in [1.82, 2.24) is 14.8 Å². The van der Waals surface area contributed by atoms with E-state index in [0.717, 1.165) is 0 Å². The number of rotatable bonds is 3. The first kappa shape index (κ1) is 12.9. The van der Waals surface area contributed by atoms with Gasteiger partial charge < -0.3 is 10.5 Å². The molecule has 0 aliphatic carbocycles. The Hall–Kier alpha value is -1.54. The van der Waals surface area contributed by atoms with Crippen LogP contribution in [-0.4, -0.2) is 38.9 Å². The van der Waals surface area contributed by atoms with Crippen molar-refractivity contribution < 1.29 is 9.53 Å². The summed E-state index contributed by atoms with van der Waals surface area (Å²) >= 11 is 5.05. The van der Waals surface area contributed by atoms with Crippen molar-refractivity contribution in [2.24, 2.45) is 18.2 Å². The minimum atomic E-state index is -0.848. The summed E-state index contributed by atoms with van der Waals surface area (Å²) in [5, 5.41) is 6.59. The normalized spacial score (nSPS) is 18.3. The number of ether oxygens (including phenoxy) is 1. The second-order valence-electron chi connectivity index (χ2n) is 4.22. The molecule has 0 aromatic carbocycles. The summed E-state index contributed by atoms with van der Waals surface area (Å²) in [5.41, 5.74) is 4.89. The molecule has 0 unspecified atom stereocenters. The van der Waals surface area contributed by atoms with Gasteiger partial charge in [-0.1, -0.05) is 12.2 Å². The molecule has 7 nitrogen and oxygen atoms in total. The summed E-state index contributed by atoms with van der Waals surface area (Å²) in [5.74, 6) is 0.136. The first-order valence-corrected chi connectivity index (χ1v) is 6.00. The van der Waals surface area contributed by atoms with Crippen LogP contribution < -0.4 is 11.1 Å². The highest BCUT2D eigenvalue weighted by molar-refractivity contribution is 7.80. The van der Waals surface area contributed by atoms with Gasteiger partial charge in [0.2, 0.25) is 11.9 Å². The maximum Gasteiger partial charge on any atom is 0.239 e. The summed E-state index contributed by atoms with van der Waals surface area (Å²) in [6, 6.07) is 0. The van der Waals surface area contributed by atoms with Gasteiger partial charge in [-0.25, -0.2) is 4.68 Å². The predicted molar refractivity (Wildman–Crippen MR) is 68.9 cm³/mol. The van der Waals surface area contributed by atoms with E-state index in [4.69, 9.17) is 22.7 Å². The van der Waals surface area contributed by atoms with E-state index in [1.165, 1.54) is 11.0 Å². The number of aryl methyl sites for hydroxylation is 1. The Morgan fingerprint density at radius 1 is 1.61 bits per heavy atom. The monoisotopic (exact) mass is 269 g/mol. The minimum Gasteiger partial charge on any atom is -0.392 e. The van der Waals surface area contributed by atoms with Gasteiger partial charge >= 0.3 is 0 Å². The van der Waals surface area contributed by atoms with Gasteiger partial charge in [-0.15, -0.1) is 0 Å². The lowest BCUT2D eigenvalue weighted by molar-refractivity contribution is -0.126. The fourth-order valence-corrected chi connectivity index (χ4v) is 2.23. The molecule has 1 aromatic heterocycles. The van der Waals surface area contributed by atoms with Crippen molar-refractivity contribution in [2.45, 2.75) is 12.8 Å². The number of nitrogens with zero attached hydrogens (tertiary/aromatic N) is 3. The molecule has 0 saturated carbocycles. The molecule has 2 rings (SSSR count). The molecular formula is C10H15N5O2S. The molecule has 2 heterocycles. The lowest BCUT2D eigenvalue weighted by Gasteiger charge is -2.34. The van der Waals surface area contributed by atoms with Crippen LogP contribution in [0.4, 0.5) is 5.95 Å². The molecule has 98 valence electrons. The van der Waals surface area contributed by atoms with E-state index in [1.54, 1.807) is 7.05 Å². The van der Waals surface area contributed by atoms with E-state index in [2.05, 4.69) is 15.4 Å². The van der Waals surface area contributed by atoms with E-state index in [-0.39, 0.29) is 10.9 Å². The highest BCUT2D eigenvalue weighted by Gasteiger charge is 2.43. The SMILES string of the molecule is Cn1ncnc1NC(=O)C1(C(N)=S)CCOCC1. The first-order chi connectivity index (χ1) is 8.56. The minimum absolute atomic E-state index is 0.200. The molecule has 8 heteroatoms. The van der Waals surface area contributed by atoms with Crippen LogP contribution in [0.3, 0.4) is 0 Å². The van der Waals surface area contributed by atoms with Crippen molar-refractivity contribution in [2.75, 3.05) is 18.5 Å². The van der Waals surface area contributed by atoms with Gasteiger partial charge in [0.05, 0.1) is 4.99 Å². The van der Waals surface area contributed by atoms with Crippen molar-refractivity contribution in [1.29, 1.82) is 0 Å². The van der Waals surface area contributed by atoms with E-state index in [0.29, 0.717) is 32.0 Å². The summed E-state index contributed by atoms with van der Waals surface area (Å²) in [4.78, 5) is 16.5. The van der Waals surface area contributed by atoms with Crippen LogP contribution in [0.25, 0.3) is 0 Å². The Labute approximate surface area is 110 Å². The largest absolute Gasteiger partial charge is 0.392 e. The van der Waals surface area contributed by atoms with Crippen LogP contribution in [0, 0.1) is 5.41 Å². The number of nitrogens with two attached hydrogens (primary N) is 1. The van der Waals surface area contributed by atoms with Gasteiger partial charge in [-0.2, -0.15) is 10.1 Å². The third-order valence-corrected chi connectivity index (χ3v) is 3.58. The zero-order chi connectivity index (χ0) is 13.2. The third kappa shape index (κ3) is 2.21. The van der Waals surface area contributed by atoms with E-state index in [9.17, 15) is 4.79 Å². The van der Waals surface area contributed by atoms with Crippen LogP contribution >= 0.6 is 12.2 Å². The molecule has 1 fully saturated rings. The summed E-state index contributed by atoms with van der Waals surface area (Å²) < 4.78 is 6.73. The van der Waals surface area contributed by atoms with Crippen molar-refractivity contribution in [3.8, 4) is 0 Å². The quantitative estimate of drug-likeness (QED) is 0.740. The molecule has 1 aliphatic rings. The zero-order valence-electron chi connectivity index (χ0n) is 10.0. The third-order valence-electron chi connectivity index (χ3n) is 3.19. The Morgan fingerprint density at radius 3 is 2.78 bits per heavy atom. The van der Waals surface area contributed by atoms with Crippen LogP contribution in [0.15, 0.2) is 6.33 Å². The lowest BCUT2D eigenvalue weighted by atomic mass is 9.79. The molecule has 1 amide bonds. The topological polar surface area (TPSA) is 95.1 Å². The summed E-state index contributed by atoms with van der Waals surface area (Å²) in [6.45, 7) is 0.952. The first-order valence-electron chi connectivity index (χ1n) is 5.59. The fraction of sp³-hybridized carbons (Fsp3) is 0.600. The number of nitrogens with one attached hydrogen (secondary N) is 1. The molecule has 3 N–H and O–H groups in total. The molecule has 0 radical (unpaired) electrons. The molecule has 1 saturated heterocycles. The standard InChI is InChI=1S/C10H15N5O2S/c1-15-9(12-6-13-15)14-8(16)10(7(11)18)2-4-17-5-3-10/h6H,2-5H2,1H3,(H2,11,18)(H,12,13,14,16). The number of hydrogen-bond donors (Lipinski definition) is 2. The number of anilines is 1. The molecule has 0 spiro atoms. The molecule has 1 aliphatic heterocycles. The van der Waals surface area contributed by atoms with Gasteiger partial charge in [0.1, 0.15) is 11.7 Å². The van der Waals surface area contributed by atoms with Crippen LogP contribution in [0.1, 0.15) is 12.8 Å². The van der Waals surface area contributed by atoms with E-state index < -0.39 is 5.41 Å². The Morgan fingerprint density at radius 2 is 2.28 bits per heavy atom. The van der Waals surface area contributed by atoms with Crippen LogP contribution in [-0.2, 0) is 16.6 Å². The Balaban J connectivity index is 2.19. The predicted octanol–water partition coefficient (Wildman–Crippen LogP) is -0.164. The number of carbonyl (C=O) groups is 1. The summed E-state index contributed by atoms with van der Waals surface area (Å²) in [7, 11) is 1.69. The molecule has 18 heavy (non-hydrogen) atoms. The molecular weight excluding hydrogens is 254 g/mol. The Bertz CT molecular complexity index is 467. The highest BCUT2D eigenvalue weighted by atomic mass is 32.1. The molecule has 0 atom stereocenters.